The fraction of sp³-hybridized carbons (Fsp3) is 0.300. The van der Waals surface area contributed by atoms with E-state index in [1.165, 1.54) is 0 Å². The Morgan fingerprint density at radius 2 is 2.15 bits per heavy atom. The first kappa shape index (κ1) is 10.8. The molecule has 0 saturated carbocycles. The van der Waals surface area contributed by atoms with Gasteiger partial charge in [0.25, 0.3) is 0 Å². The van der Waals surface area contributed by atoms with Crippen LogP contribution in [0.5, 0.6) is 0 Å². The van der Waals surface area contributed by atoms with Crippen LogP contribution in [0.1, 0.15) is 22.8 Å². The van der Waals surface area contributed by atoms with Gasteiger partial charge in [-0.2, -0.15) is 0 Å². The molecule has 1 aromatic carbocycles. The molecule has 0 aliphatic heterocycles. The highest BCUT2D eigenvalue weighted by atomic mass is 79.9. The Kier molecular flexibility index (Phi) is 3.56. The molecule has 1 aromatic rings. The van der Waals surface area contributed by atoms with E-state index in [9.17, 15) is 4.79 Å². The largest absolute Gasteiger partial charge is 0.293 e. The molecule has 0 aromatic heterocycles. The monoisotopic (exact) mass is 258 g/mol. The minimum atomic E-state index is -0.136. The zero-order valence-corrected chi connectivity index (χ0v) is 10.0. The van der Waals surface area contributed by atoms with Gasteiger partial charge < -0.3 is 0 Å². The highest BCUT2D eigenvalue weighted by Crippen LogP contribution is 2.17. The molecule has 0 saturated heterocycles. The number of thiol groups is 1. The normalized spacial score (nSPS) is 12.6. The van der Waals surface area contributed by atoms with Crippen molar-refractivity contribution in [2.24, 2.45) is 0 Å². The average molecular weight is 259 g/mol. The second-order valence-electron chi connectivity index (χ2n) is 2.98. The standard InChI is InChI=1S/C10H11BrOS/c1-6-3-4-8(5-9(6)13)10(12)7(2)11/h3-5,7,13H,1-2H3. The zero-order valence-electron chi connectivity index (χ0n) is 7.54. The topological polar surface area (TPSA) is 17.1 Å². The third-order valence-electron chi connectivity index (χ3n) is 1.85. The molecule has 0 aliphatic rings. The van der Waals surface area contributed by atoms with E-state index in [4.69, 9.17) is 0 Å². The fourth-order valence-electron chi connectivity index (χ4n) is 0.992. The van der Waals surface area contributed by atoms with E-state index in [-0.39, 0.29) is 10.6 Å². The van der Waals surface area contributed by atoms with Gasteiger partial charge in [-0.3, -0.25) is 4.79 Å². The van der Waals surface area contributed by atoms with Crippen LogP contribution in [-0.2, 0) is 0 Å². The lowest BCUT2D eigenvalue weighted by Crippen LogP contribution is -2.09. The van der Waals surface area contributed by atoms with Gasteiger partial charge in [0.05, 0.1) is 4.83 Å². The number of hydrogen-bond acceptors (Lipinski definition) is 2. The molecule has 1 nitrogen and oxygen atoms in total. The summed E-state index contributed by atoms with van der Waals surface area (Å²) in [6.45, 7) is 3.79. The van der Waals surface area contributed by atoms with Crippen LogP contribution in [0.2, 0.25) is 0 Å². The van der Waals surface area contributed by atoms with E-state index in [2.05, 4.69) is 28.6 Å². The lowest BCUT2D eigenvalue weighted by atomic mass is 10.1. The quantitative estimate of drug-likeness (QED) is 0.490. The summed E-state index contributed by atoms with van der Waals surface area (Å²) in [5, 5.41) is 0. The first-order chi connectivity index (χ1) is 6.02. The number of rotatable bonds is 2. The van der Waals surface area contributed by atoms with Crippen molar-refractivity contribution in [2.45, 2.75) is 23.6 Å². The average Bonchev–Trinajstić information content (AvgIpc) is 2.08. The molecule has 0 N–H and O–H groups in total. The van der Waals surface area contributed by atoms with E-state index in [1.54, 1.807) is 6.07 Å². The van der Waals surface area contributed by atoms with Crippen molar-refractivity contribution in [1.82, 2.24) is 0 Å². The molecule has 1 rings (SSSR count). The van der Waals surface area contributed by atoms with E-state index >= 15 is 0 Å². The van der Waals surface area contributed by atoms with E-state index in [0.717, 1.165) is 10.5 Å². The van der Waals surface area contributed by atoms with Gasteiger partial charge in [0.2, 0.25) is 0 Å². The van der Waals surface area contributed by atoms with Crippen LogP contribution in [0.4, 0.5) is 0 Å². The summed E-state index contributed by atoms with van der Waals surface area (Å²) in [5.41, 5.74) is 1.79. The molecule has 13 heavy (non-hydrogen) atoms. The molecule has 0 fully saturated rings. The molecule has 1 atom stereocenters. The molecule has 0 heterocycles. The molecule has 70 valence electrons. The van der Waals surface area contributed by atoms with E-state index < -0.39 is 0 Å². The van der Waals surface area contributed by atoms with Crippen LogP contribution >= 0.6 is 28.6 Å². The van der Waals surface area contributed by atoms with Crippen molar-refractivity contribution in [3.05, 3.63) is 29.3 Å². The summed E-state index contributed by atoms with van der Waals surface area (Å²) in [6.07, 6.45) is 0. The summed E-state index contributed by atoms with van der Waals surface area (Å²) in [6, 6.07) is 5.54. The van der Waals surface area contributed by atoms with Crippen molar-refractivity contribution in [2.75, 3.05) is 0 Å². The van der Waals surface area contributed by atoms with Crippen LogP contribution in [0.15, 0.2) is 23.1 Å². The Bertz CT molecular complexity index is 334. The second kappa shape index (κ2) is 4.29. The van der Waals surface area contributed by atoms with Gasteiger partial charge in [-0.25, -0.2) is 0 Å². The van der Waals surface area contributed by atoms with Crippen molar-refractivity contribution in [1.29, 1.82) is 0 Å². The third kappa shape index (κ3) is 2.58. The van der Waals surface area contributed by atoms with Crippen LogP contribution in [-0.4, -0.2) is 10.6 Å². The Hall–Kier alpha value is -0.280. The SMILES string of the molecule is Cc1ccc(C(=O)C(C)Br)cc1S. The molecule has 0 bridgehead atoms. The molecule has 0 aliphatic carbocycles. The van der Waals surface area contributed by atoms with Gasteiger partial charge in [-0.05, 0) is 25.5 Å². The molecule has 0 radical (unpaired) electrons. The molecule has 0 amide bonds. The van der Waals surface area contributed by atoms with Crippen molar-refractivity contribution in [3.63, 3.8) is 0 Å². The van der Waals surface area contributed by atoms with Gasteiger partial charge in [-0.1, -0.05) is 28.1 Å². The van der Waals surface area contributed by atoms with Crippen molar-refractivity contribution >= 4 is 34.3 Å². The number of Topliss-reactive ketones (excluding diaryl/α,β-unsaturated/α-hetero) is 1. The van der Waals surface area contributed by atoms with Gasteiger partial charge in [0, 0.05) is 10.5 Å². The van der Waals surface area contributed by atoms with Crippen LogP contribution < -0.4 is 0 Å². The van der Waals surface area contributed by atoms with Gasteiger partial charge in [-0.15, -0.1) is 12.6 Å². The zero-order chi connectivity index (χ0) is 10.0. The van der Waals surface area contributed by atoms with Gasteiger partial charge in [0.15, 0.2) is 5.78 Å². The van der Waals surface area contributed by atoms with Crippen molar-refractivity contribution in [3.8, 4) is 0 Å². The van der Waals surface area contributed by atoms with Gasteiger partial charge in [0.1, 0.15) is 0 Å². The predicted octanol–water partition coefficient (Wildman–Crippen LogP) is 3.25. The number of aryl methyl sites for hydroxylation is 1. The summed E-state index contributed by atoms with van der Waals surface area (Å²) >= 11 is 7.51. The highest BCUT2D eigenvalue weighted by molar-refractivity contribution is 9.10. The summed E-state index contributed by atoms with van der Waals surface area (Å²) in [7, 11) is 0. The van der Waals surface area contributed by atoms with E-state index in [1.807, 2.05) is 26.0 Å². The number of carbonyl (C=O) groups excluding carboxylic acids is 1. The Morgan fingerprint density at radius 3 is 2.62 bits per heavy atom. The van der Waals surface area contributed by atoms with Gasteiger partial charge >= 0.3 is 0 Å². The predicted molar refractivity (Wildman–Crippen MR) is 61.2 cm³/mol. The first-order valence-electron chi connectivity index (χ1n) is 4.00. The maximum Gasteiger partial charge on any atom is 0.176 e. The summed E-state index contributed by atoms with van der Waals surface area (Å²) in [5.74, 6) is 0.0929. The van der Waals surface area contributed by atoms with Crippen LogP contribution in [0.3, 0.4) is 0 Å². The molecule has 1 unspecified atom stereocenters. The fourth-order valence-corrected chi connectivity index (χ4v) is 1.47. The van der Waals surface area contributed by atoms with Crippen LogP contribution in [0.25, 0.3) is 0 Å². The maximum absolute atomic E-state index is 11.5. The highest BCUT2D eigenvalue weighted by Gasteiger charge is 2.11. The number of alkyl halides is 1. The maximum atomic E-state index is 11.5. The molecule has 3 heteroatoms. The molecule has 0 spiro atoms. The smallest absolute Gasteiger partial charge is 0.176 e. The number of benzene rings is 1. The minimum Gasteiger partial charge on any atom is -0.293 e. The number of carbonyl (C=O) groups is 1. The third-order valence-corrected chi connectivity index (χ3v) is 2.75. The second-order valence-corrected chi connectivity index (χ2v) is 4.84. The first-order valence-corrected chi connectivity index (χ1v) is 5.36. The number of ketones is 1. The number of halogens is 1. The Labute approximate surface area is 92.1 Å². The molecular weight excluding hydrogens is 248 g/mol. The van der Waals surface area contributed by atoms with Crippen LogP contribution in [0, 0.1) is 6.92 Å². The summed E-state index contributed by atoms with van der Waals surface area (Å²) < 4.78 is 0. The van der Waals surface area contributed by atoms with Crippen molar-refractivity contribution < 1.29 is 4.79 Å². The molecular formula is C10H11BrOS. The Morgan fingerprint density at radius 1 is 1.54 bits per heavy atom. The minimum absolute atomic E-state index is 0.0929. The van der Waals surface area contributed by atoms with E-state index in [0.29, 0.717) is 5.56 Å². The number of hydrogen-bond donors (Lipinski definition) is 1. The lowest BCUT2D eigenvalue weighted by molar-refractivity contribution is 0.0995. The summed E-state index contributed by atoms with van der Waals surface area (Å²) in [4.78, 5) is 12.3. The lowest BCUT2D eigenvalue weighted by Gasteiger charge is -2.05. The Balaban J connectivity index is 3.04.